The first-order valence-electron chi connectivity index (χ1n) is 10.6. The second-order valence-corrected chi connectivity index (χ2v) is 10.0. The summed E-state index contributed by atoms with van der Waals surface area (Å²) in [5.74, 6) is 1.53. The quantitative estimate of drug-likeness (QED) is 0.474. The monoisotopic (exact) mass is 459 g/mol. The molecule has 3 N–H and O–H groups in total. The van der Waals surface area contributed by atoms with Gasteiger partial charge in [0.2, 0.25) is 10.0 Å². The van der Waals surface area contributed by atoms with E-state index in [1.807, 2.05) is 18.3 Å². The molecule has 32 heavy (non-hydrogen) atoms. The zero-order valence-corrected chi connectivity index (χ0v) is 19.3. The number of fused-ring (bicyclic) bond motifs is 1. The fraction of sp³-hybridized carbons (Fsp3) is 0.409. The summed E-state index contributed by atoms with van der Waals surface area (Å²) in [6.07, 6.45) is 1.86. The Morgan fingerprint density at radius 3 is 2.69 bits per heavy atom. The molecule has 0 amide bonds. The van der Waals surface area contributed by atoms with Gasteiger partial charge in [0.05, 0.1) is 30.9 Å². The van der Waals surface area contributed by atoms with Crippen molar-refractivity contribution in [2.45, 2.75) is 18.7 Å². The summed E-state index contributed by atoms with van der Waals surface area (Å²) in [6.45, 7) is 6.62. The van der Waals surface area contributed by atoms with Crippen LogP contribution in [0.2, 0.25) is 0 Å². The van der Waals surface area contributed by atoms with Crippen molar-refractivity contribution in [3.8, 4) is 5.75 Å². The van der Waals surface area contributed by atoms with E-state index in [-0.39, 0.29) is 4.90 Å². The molecule has 3 aromatic rings. The largest absolute Gasteiger partial charge is 0.495 e. The van der Waals surface area contributed by atoms with Crippen LogP contribution in [0.15, 0.2) is 41.4 Å². The molecule has 9 nitrogen and oxygen atoms in total. The first-order valence-corrected chi connectivity index (χ1v) is 12.1. The van der Waals surface area contributed by atoms with Crippen LogP contribution in [0.4, 0.5) is 17.2 Å². The molecule has 1 fully saturated rings. The molecule has 1 aliphatic rings. The average molecular weight is 460 g/mol. The van der Waals surface area contributed by atoms with Crippen LogP contribution in [-0.4, -0.2) is 62.6 Å². The van der Waals surface area contributed by atoms with Crippen LogP contribution < -0.4 is 15.4 Å². The summed E-state index contributed by atoms with van der Waals surface area (Å²) < 4.78 is 38.2. The van der Waals surface area contributed by atoms with Crippen molar-refractivity contribution in [3.63, 3.8) is 0 Å². The molecule has 0 radical (unpaired) electrons. The SMILES string of the molecule is COc1cc(S(=O)(=O)N2CCOCC2)ccc1Nc1cc(NCC(C)C)c2cc[nH]c2n1. The molecular formula is C22H29N5O4S. The Bertz CT molecular complexity index is 1190. The van der Waals surface area contributed by atoms with Gasteiger partial charge in [-0.25, -0.2) is 13.4 Å². The topological polar surface area (TPSA) is 109 Å². The Kier molecular flexibility index (Phi) is 6.54. The molecule has 0 unspecified atom stereocenters. The van der Waals surface area contributed by atoms with E-state index in [1.54, 1.807) is 12.1 Å². The fourth-order valence-electron chi connectivity index (χ4n) is 3.57. The van der Waals surface area contributed by atoms with E-state index in [4.69, 9.17) is 9.47 Å². The van der Waals surface area contributed by atoms with Gasteiger partial charge in [0.25, 0.3) is 0 Å². The molecule has 3 heterocycles. The lowest BCUT2D eigenvalue weighted by molar-refractivity contribution is 0.0730. The molecule has 10 heteroatoms. The van der Waals surface area contributed by atoms with E-state index in [1.165, 1.54) is 17.5 Å². The number of anilines is 3. The molecule has 4 rings (SSSR count). The summed E-state index contributed by atoms with van der Waals surface area (Å²) in [4.78, 5) is 7.97. The van der Waals surface area contributed by atoms with Gasteiger partial charge in [-0.2, -0.15) is 4.31 Å². The van der Waals surface area contributed by atoms with Gasteiger partial charge in [-0.15, -0.1) is 0 Å². The predicted molar refractivity (Wildman–Crippen MR) is 125 cm³/mol. The Hall–Kier alpha value is -2.82. The van der Waals surface area contributed by atoms with Crippen molar-refractivity contribution >= 4 is 38.2 Å². The number of aromatic amines is 1. The minimum atomic E-state index is -3.61. The van der Waals surface area contributed by atoms with Gasteiger partial charge in [-0.3, -0.25) is 0 Å². The van der Waals surface area contributed by atoms with E-state index in [2.05, 4.69) is 34.4 Å². The number of sulfonamides is 1. The minimum absolute atomic E-state index is 0.189. The number of pyridine rings is 1. The lowest BCUT2D eigenvalue weighted by Crippen LogP contribution is -2.40. The van der Waals surface area contributed by atoms with Gasteiger partial charge in [0, 0.05) is 49.0 Å². The molecule has 0 atom stereocenters. The third-order valence-electron chi connectivity index (χ3n) is 5.27. The summed E-state index contributed by atoms with van der Waals surface area (Å²) in [5.41, 5.74) is 2.35. The highest BCUT2D eigenvalue weighted by Crippen LogP contribution is 2.33. The van der Waals surface area contributed by atoms with Crippen LogP contribution in [0, 0.1) is 5.92 Å². The highest BCUT2D eigenvalue weighted by atomic mass is 32.2. The van der Waals surface area contributed by atoms with Gasteiger partial charge in [-0.1, -0.05) is 13.8 Å². The molecule has 2 aromatic heterocycles. The van der Waals surface area contributed by atoms with Crippen LogP contribution in [0.5, 0.6) is 5.75 Å². The maximum Gasteiger partial charge on any atom is 0.243 e. The molecule has 1 aromatic carbocycles. The van der Waals surface area contributed by atoms with Crippen LogP contribution in [0.3, 0.4) is 0 Å². The first-order chi connectivity index (χ1) is 15.4. The maximum atomic E-state index is 13.0. The second-order valence-electron chi connectivity index (χ2n) is 8.07. The summed E-state index contributed by atoms with van der Waals surface area (Å²) in [7, 11) is -2.10. The van der Waals surface area contributed by atoms with Crippen molar-refractivity contribution in [2.24, 2.45) is 5.92 Å². The fourth-order valence-corrected chi connectivity index (χ4v) is 5.00. The van der Waals surface area contributed by atoms with Gasteiger partial charge < -0.3 is 25.1 Å². The smallest absolute Gasteiger partial charge is 0.243 e. The molecule has 172 valence electrons. The van der Waals surface area contributed by atoms with Gasteiger partial charge in [0.1, 0.15) is 17.2 Å². The highest BCUT2D eigenvalue weighted by molar-refractivity contribution is 7.89. The van der Waals surface area contributed by atoms with Crippen LogP contribution in [0.25, 0.3) is 11.0 Å². The number of benzene rings is 1. The third-order valence-corrected chi connectivity index (χ3v) is 7.17. The molecule has 1 aliphatic heterocycles. The number of hydrogen-bond acceptors (Lipinski definition) is 7. The Balaban J connectivity index is 1.62. The summed E-state index contributed by atoms with van der Waals surface area (Å²) in [6, 6.07) is 8.75. The standard InChI is InChI=1S/C22H29N5O4S/c1-15(2)14-24-19-13-21(26-22-17(19)6-7-23-22)25-18-5-4-16(12-20(18)30-3)32(28,29)27-8-10-31-11-9-27/h4-7,12-13,15H,8-11,14H2,1-3H3,(H3,23,24,25,26). The van der Waals surface area contributed by atoms with Crippen molar-refractivity contribution in [1.82, 2.24) is 14.3 Å². The van der Waals surface area contributed by atoms with E-state index in [0.29, 0.717) is 49.5 Å². The number of rotatable bonds is 8. The predicted octanol–water partition coefficient (Wildman–Crippen LogP) is 3.40. The van der Waals surface area contributed by atoms with Crippen LogP contribution in [-0.2, 0) is 14.8 Å². The van der Waals surface area contributed by atoms with Crippen molar-refractivity contribution < 1.29 is 17.9 Å². The number of morpholine rings is 1. The number of H-pyrrole nitrogens is 1. The molecular weight excluding hydrogens is 430 g/mol. The average Bonchev–Trinajstić information content (AvgIpc) is 3.27. The zero-order valence-electron chi connectivity index (χ0n) is 18.5. The molecule has 0 bridgehead atoms. The number of nitrogens with zero attached hydrogens (tertiary/aromatic N) is 2. The lowest BCUT2D eigenvalue weighted by atomic mass is 10.2. The Morgan fingerprint density at radius 1 is 1.19 bits per heavy atom. The number of methoxy groups -OCH3 is 1. The van der Waals surface area contributed by atoms with Crippen molar-refractivity contribution in [1.29, 1.82) is 0 Å². The number of ether oxygens (including phenoxy) is 2. The summed E-state index contributed by atoms with van der Waals surface area (Å²) >= 11 is 0. The molecule has 0 spiro atoms. The van der Waals surface area contributed by atoms with Gasteiger partial charge in [-0.05, 0) is 24.1 Å². The zero-order chi connectivity index (χ0) is 22.7. The van der Waals surface area contributed by atoms with Gasteiger partial charge >= 0.3 is 0 Å². The van der Waals surface area contributed by atoms with E-state index in [0.717, 1.165) is 23.3 Å². The van der Waals surface area contributed by atoms with Crippen molar-refractivity contribution in [2.75, 3.05) is 50.6 Å². The minimum Gasteiger partial charge on any atom is -0.495 e. The highest BCUT2D eigenvalue weighted by Gasteiger charge is 2.27. The lowest BCUT2D eigenvalue weighted by Gasteiger charge is -2.26. The first kappa shape index (κ1) is 22.4. The number of hydrogen-bond donors (Lipinski definition) is 3. The van der Waals surface area contributed by atoms with E-state index in [9.17, 15) is 8.42 Å². The molecule has 0 saturated carbocycles. The maximum absolute atomic E-state index is 13.0. The van der Waals surface area contributed by atoms with Crippen LogP contribution in [0.1, 0.15) is 13.8 Å². The van der Waals surface area contributed by atoms with Crippen LogP contribution >= 0.6 is 0 Å². The molecule has 0 aliphatic carbocycles. The number of aromatic nitrogens is 2. The number of nitrogens with one attached hydrogen (secondary N) is 3. The summed E-state index contributed by atoms with van der Waals surface area (Å²) in [5, 5.41) is 7.74. The van der Waals surface area contributed by atoms with E-state index < -0.39 is 10.0 Å². The second kappa shape index (κ2) is 9.35. The van der Waals surface area contributed by atoms with Gasteiger partial charge in [0.15, 0.2) is 0 Å². The Morgan fingerprint density at radius 2 is 1.97 bits per heavy atom. The van der Waals surface area contributed by atoms with Crippen molar-refractivity contribution in [3.05, 3.63) is 36.5 Å². The van der Waals surface area contributed by atoms with E-state index >= 15 is 0 Å². The Labute approximate surface area is 188 Å². The third kappa shape index (κ3) is 4.67. The normalized spacial score (nSPS) is 15.2. The molecule has 1 saturated heterocycles.